The van der Waals surface area contributed by atoms with Gasteiger partial charge in [0.1, 0.15) is 25.2 Å². The van der Waals surface area contributed by atoms with Crippen LogP contribution in [0.5, 0.6) is 0 Å². The lowest BCUT2D eigenvalue weighted by molar-refractivity contribution is -0.196. The Kier molecular flexibility index (Phi) is 9.67. The molecule has 2 rings (SSSR count). The van der Waals surface area contributed by atoms with Crippen molar-refractivity contribution in [1.82, 2.24) is 10.4 Å². The van der Waals surface area contributed by atoms with Crippen LogP contribution in [-0.4, -0.2) is 56.8 Å². The molecule has 0 aliphatic carbocycles. The van der Waals surface area contributed by atoms with Crippen LogP contribution in [0, 0.1) is 5.92 Å². The first kappa shape index (κ1) is 23.0. The number of hydroxylamine groups is 1. The number of likely N-dealkylation sites (tertiary alicyclic amines) is 1. The Morgan fingerprint density at radius 3 is 2.73 bits per heavy atom. The van der Waals surface area contributed by atoms with Gasteiger partial charge in [0.2, 0.25) is 0 Å². The number of alkyl halides is 3. The van der Waals surface area contributed by atoms with Crippen molar-refractivity contribution in [1.29, 1.82) is 0 Å². The van der Waals surface area contributed by atoms with Gasteiger partial charge in [-0.3, -0.25) is 4.90 Å². The van der Waals surface area contributed by atoms with E-state index in [-0.39, 0.29) is 25.5 Å². The molecule has 5 nitrogen and oxygen atoms in total. The molecular weight excluding hydrogens is 396 g/mol. The van der Waals surface area contributed by atoms with Crippen LogP contribution < -0.4 is 5.48 Å². The van der Waals surface area contributed by atoms with Crippen molar-refractivity contribution in [3.63, 3.8) is 0 Å². The number of halogens is 5. The molecule has 3 unspecified atom stereocenters. The minimum Gasteiger partial charge on any atom is -0.416 e. The second-order valence-corrected chi connectivity index (χ2v) is 6.40. The van der Waals surface area contributed by atoms with Gasteiger partial charge in [-0.05, 0) is 25.1 Å². The Morgan fingerprint density at radius 1 is 1.54 bits per heavy atom. The lowest BCUT2D eigenvalue weighted by Crippen LogP contribution is -2.58. The third kappa shape index (κ3) is 6.92. The van der Waals surface area contributed by atoms with E-state index in [4.69, 9.17) is 28.0 Å². The maximum Gasteiger partial charge on any atom is 0.404 e. The van der Waals surface area contributed by atoms with Crippen LogP contribution in [0.4, 0.5) is 13.2 Å². The molecule has 0 saturated carbocycles. The summed E-state index contributed by atoms with van der Waals surface area (Å²) >= 11 is 11.2. The molecule has 2 heterocycles. The van der Waals surface area contributed by atoms with Crippen LogP contribution in [0.1, 0.15) is 6.42 Å². The predicted molar refractivity (Wildman–Crippen MR) is 93.5 cm³/mol. The van der Waals surface area contributed by atoms with Gasteiger partial charge in [-0.2, -0.15) is 18.7 Å². The molecule has 0 aromatic rings. The number of carbonyl (C=O) groups is 1. The van der Waals surface area contributed by atoms with Gasteiger partial charge >= 0.3 is 6.18 Å². The van der Waals surface area contributed by atoms with Crippen LogP contribution >= 0.6 is 23.2 Å². The van der Waals surface area contributed by atoms with E-state index in [1.54, 1.807) is 12.2 Å². The van der Waals surface area contributed by atoms with Gasteiger partial charge in [0.15, 0.2) is 0 Å². The van der Waals surface area contributed by atoms with Gasteiger partial charge in [-0.15, -0.1) is 0 Å². The molecule has 0 spiro atoms. The summed E-state index contributed by atoms with van der Waals surface area (Å²) < 4.78 is 43.2. The molecule has 0 aromatic heterocycles. The zero-order valence-electron chi connectivity index (χ0n) is 14.3. The number of carbonyl (C=O) groups excluding carboxylic acids is 1. The van der Waals surface area contributed by atoms with E-state index in [0.717, 1.165) is 5.57 Å². The Labute approximate surface area is 160 Å². The van der Waals surface area contributed by atoms with Crippen LogP contribution in [0.25, 0.3) is 0 Å². The lowest BCUT2D eigenvalue weighted by atomic mass is 9.82. The summed E-state index contributed by atoms with van der Waals surface area (Å²) in [5.74, 6) is -0.0987. The number of allylic oxidation sites excluding steroid dienone is 3. The third-order valence-electron chi connectivity index (χ3n) is 3.97. The minimum absolute atomic E-state index is 0.0606. The van der Waals surface area contributed by atoms with E-state index >= 15 is 0 Å². The average molecular weight is 417 g/mol. The van der Waals surface area contributed by atoms with Crippen molar-refractivity contribution < 1.29 is 27.5 Å². The molecule has 10 heteroatoms. The predicted octanol–water partition coefficient (Wildman–Crippen LogP) is 3.36. The van der Waals surface area contributed by atoms with E-state index in [9.17, 15) is 18.0 Å². The number of piperidine rings is 1. The molecular formula is C16H21Cl2F3N2O3. The fourth-order valence-electron chi connectivity index (χ4n) is 2.72. The second kappa shape index (κ2) is 10.9. The van der Waals surface area contributed by atoms with Gasteiger partial charge in [0.05, 0.1) is 11.1 Å². The highest BCUT2D eigenvalue weighted by Crippen LogP contribution is 2.37. The first-order valence-corrected chi connectivity index (χ1v) is 8.50. The zero-order chi connectivity index (χ0) is 19.7. The molecule has 3 atom stereocenters. The van der Waals surface area contributed by atoms with Crippen molar-refractivity contribution in [2.75, 3.05) is 27.3 Å². The molecule has 148 valence electrons. The molecule has 0 bridgehead atoms. The molecule has 0 amide bonds. The van der Waals surface area contributed by atoms with Crippen LogP contribution in [0.2, 0.25) is 0 Å². The fraction of sp³-hybridized carbons (Fsp3) is 0.562. The van der Waals surface area contributed by atoms with Crippen LogP contribution in [-0.2, 0) is 14.4 Å². The standard InChI is InChI=1S/C13H15Cl2F3N2O.C3H6O2/c1-20-6-10-8(2-3-9(15)5-14)7-21-19-11(10)4-12(20)13(16,17)18;1-5-3-2-4/h2-3,5,7,10-12,19H,4,6H2,1H3;2H,3H2,1H3/b3-2-,9-5-;. The normalized spacial score (nSPS) is 27.1. The number of methoxy groups -OCH3 is 1. The molecule has 2 aliphatic rings. The number of aldehydes is 1. The van der Waals surface area contributed by atoms with Crippen molar-refractivity contribution in [2.24, 2.45) is 5.92 Å². The van der Waals surface area contributed by atoms with E-state index in [0.29, 0.717) is 11.3 Å². The lowest BCUT2D eigenvalue weighted by Gasteiger charge is -2.44. The van der Waals surface area contributed by atoms with Gasteiger partial charge < -0.3 is 14.4 Å². The molecule has 2 aliphatic heterocycles. The van der Waals surface area contributed by atoms with Crippen LogP contribution in [0.15, 0.2) is 34.6 Å². The van der Waals surface area contributed by atoms with E-state index < -0.39 is 18.3 Å². The number of ether oxygens (including phenoxy) is 1. The minimum atomic E-state index is -4.25. The summed E-state index contributed by atoms with van der Waals surface area (Å²) in [4.78, 5) is 15.7. The summed E-state index contributed by atoms with van der Waals surface area (Å²) in [5.41, 5.74) is 4.66. The van der Waals surface area contributed by atoms with Crippen molar-refractivity contribution >= 4 is 29.5 Å². The Bertz CT molecular complexity index is 553. The SMILES string of the molecule is CN1CC2C(/C=C\C(Cl)=C\Cl)=CONC2CC1C(F)(F)F.COCC=O. The Balaban J connectivity index is 0.000000597. The zero-order valence-corrected chi connectivity index (χ0v) is 15.8. The van der Waals surface area contributed by atoms with Gasteiger partial charge in [-0.25, -0.2) is 0 Å². The van der Waals surface area contributed by atoms with E-state index in [1.807, 2.05) is 0 Å². The average Bonchev–Trinajstić information content (AvgIpc) is 2.59. The summed E-state index contributed by atoms with van der Waals surface area (Å²) in [7, 11) is 2.96. The number of hydrogen-bond acceptors (Lipinski definition) is 5. The van der Waals surface area contributed by atoms with Crippen molar-refractivity contribution in [2.45, 2.75) is 24.7 Å². The monoisotopic (exact) mass is 416 g/mol. The Morgan fingerprint density at radius 2 is 2.23 bits per heavy atom. The summed E-state index contributed by atoms with van der Waals surface area (Å²) in [6.45, 7) is 0.490. The van der Waals surface area contributed by atoms with Crippen LogP contribution in [0.3, 0.4) is 0 Å². The summed E-state index contributed by atoms with van der Waals surface area (Å²) in [6.07, 6.45) is 1.18. The topological polar surface area (TPSA) is 50.8 Å². The Hall–Kier alpha value is -1.06. The highest BCUT2D eigenvalue weighted by molar-refractivity contribution is 6.37. The molecule has 0 aromatic carbocycles. The van der Waals surface area contributed by atoms with Gasteiger partial charge in [-0.1, -0.05) is 29.3 Å². The highest BCUT2D eigenvalue weighted by atomic mass is 35.5. The van der Waals surface area contributed by atoms with Gasteiger partial charge in [0, 0.05) is 25.1 Å². The summed E-state index contributed by atoms with van der Waals surface area (Å²) in [6, 6.07) is -1.86. The van der Waals surface area contributed by atoms with Crippen molar-refractivity contribution in [3.8, 4) is 0 Å². The van der Waals surface area contributed by atoms with Gasteiger partial charge in [0.25, 0.3) is 0 Å². The number of nitrogens with one attached hydrogen (secondary N) is 1. The number of nitrogens with zero attached hydrogens (tertiary/aromatic N) is 1. The number of fused-ring (bicyclic) bond motifs is 1. The third-order valence-corrected chi connectivity index (χ3v) is 4.56. The molecule has 0 radical (unpaired) electrons. The maximum absolute atomic E-state index is 13.0. The molecule has 1 N–H and O–H groups in total. The quantitative estimate of drug-likeness (QED) is 0.562. The molecule has 26 heavy (non-hydrogen) atoms. The first-order chi connectivity index (χ1) is 12.2. The van der Waals surface area contributed by atoms with E-state index in [1.165, 1.54) is 30.9 Å². The fourth-order valence-corrected chi connectivity index (χ4v) is 2.86. The number of hydrogen-bond donors (Lipinski definition) is 1. The molecule has 1 saturated heterocycles. The smallest absolute Gasteiger partial charge is 0.404 e. The largest absolute Gasteiger partial charge is 0.416 e. The van der Waals surface area contributed by atoms with E-state index in [2.05, 4.69) is 10.2 Å². The maximum atomic E-state index is 13.0. The summed E-state index contributed by atoms with van der Waals surface area (Å²) in [5, 5.41) is 0.338. The molecule has 1 fully saturated rings. The van der Waals surface area contributed by atoms with Crippen molar-refractivity contribution in [3.05, 3.63) is 34.6 Å². The highest BCUT2D eigenvalue weighted by Gasteiger charge is 2.49. The number of rotatable bonds is 4. The first-order valence-electron chi connectivity index (χ1n) is 7.69. The second-order valence-electron chi connectivity index (χ2n) is 5.75.